The van der Waals surface area contributed by atoms with Crippen molar-refractivity contribution >= 4 is 11.8 Å². The molecular weight excluding hydrogens is 334 g/mol. The lowest BCUT2D eigenvalue weighted by Crippen LogP contribution is -2.27. The van der Waals surface area contributed by atoms with Crippen LogP contribution in [0, 0.1) is 0 Å². The van der Waals surface area contributed by atoms with E-state index in [2.05, 4.69) is 51.1 Å². The molecule has 2 heterocycles. The summed E-state index contributed by atoms with van der Waals surface area (Å²) in [5.41, 5.74) is 0. The summed E-state index contributed by atoms with van der Waals surface area (Å²) in [6.45, 7) is 10.0. The molecule has 1 fully saturated rings. The van der Waals surface area contributed by atoms with Crippen molar-refractivity contribution in [2.45, 2.75) is 76.8 Å². The fourth-order valence-electron chi connectivity index (χ4n) is 2.32. The van der Waals surface area contributed by atoms with Crippen molar-refractivity contribution in [1.29, 1.82) is 0 Å². The number of nitrogens with zero attached hydrogens (tertiary/aromatic N) is 1. The average molecular weight is 370 g/mol. The first kappa shape index (κ1) is 22.3. The molecule has 1 aliphatic heterocycles. The van der Waals surface area contributed by atoms with Crippen LogP contribution in [0.15, 0.2) is 29.0 Å². The summed E-state index contributed by atoms with van der Waals surface area (Å²) in [4.78, 5) is 4.18. The maximum atomic E-state index is 5.74. The first-order valence-electron chi connectivity index (χ1n) is 9.31. The van der Waals surface area contributed by atoms with Gasteiger partial charge >= 0.3 is 0 Å². The lowest BCUT2D eigenvalue weighted by atomic mass is 10.1. The Hall–Kier alpha value is -0.780. The van der Waals surface area contributed by atoms with Gasteiger partial charge in [-0.1, -0.05) is 46.3 Å². The molecule has 1 saturated heterocycles. The van der Waals surface area contributed by atoms with Crippen molar-refractivity contribution in [2.75, 3.05) is 19.5 Å². The topological polar surface area (TPSA) is 44.5 Å². The van der Waals surface area contributed by atoms with Gasteiger partial charge in [-0.3, -0.25) is 0 Å². The summed E-state index contributed by atoms with van der Waals surface area (Å²) in [7, 11) is 0. The number of ether oxygens (including phenoxy) is 2. The van der Waals surface area contributed by atoms with Crippen molar-refractivity contribution in [3.8, 4) is 0 Å². The normalized spacial score (nSPS) is 16.8. The summed E-state index contributed by atoms with van der Waals surface area (Å²) in [6.07, 6.45) is 16.3. The van der Waals surface area contributed by atoms with E-state index in [1.165, 1.54) is 12.8 Å². The number of aromatic nitrogens is 1. The Morgan fingerprint density at radius 2 is 1.84 bits per heavy atom. The van der Waals surface area contributed by atoms with E-state index in [1.54, 1.807) is 12.5 Å². The average Bonchev–Trinajstić information content (AvgIpc) is 3.26. The van der Waals surface area contributed by atoms with Gasteiger partial charge in [0.1, 0.15) is 6.26 Å². The smallest absolute Gasteiger partial charge is 0.255 e. The lowest BCUT2D eigenvalue weighted by Gasteiger charge is -2.23. The van der Waals surface area contributed by atoms with Crippen molar-refractivity contribution in [1.82, 2.24) is 4.98 Å². The van der Waals surface area contributed by atoms with Crippen LogP contribution in [0.4, 0.5) is 0 Å². The minimum Gasteiger partial charge on any atom is -0.444 e. The Morgan fingerprint density at radius 3 is 2.36 bits per heavy atom. The van der Waals surface area contributed by atoms with Gasteiger partial charge < -0.3 is 13.9 Å². The molecule has 1 aromatic heterocycles. The summed E-state index contributed by atoms with van der Waals surface area (Å²) in [5, 5.41) is 0. The molecule has 25 heavy (non-hydrogen) atoms. The molecule has 144 valence electrons. The largest absolute Gasteiger partial charge is 0.444 e. The van der Waals surface area contributed by atoms with Crippen molar-refractivity contribution < 1.29 is 13.9 Å². The molecule has 0 radical (unpaired) electrons. The Labute approximate surface area is 157 Å². The van der Waals surface area contributed by atoms with Gasteiger partial charge in [0.2, 0.25) is 5.79 Å². The SMILES string of the molecule is CC/C=C/CCCCCC1(c2ncco2)OCCO1.CSC(C)(C)C. The van der Waals surface area contributed by atoms with Gasteiger partial charge in [0, 0.05) is 11.2 Å². The van der Waals surface area contributed by atoms with Crippen LogP contribution in [-0.2, 0) is 15.3 Å². The van der Waals surface area contributed by atoms with E-state index in [4.69, 9.17) is 13.9 Å². The highest BCUT2D eigenvalue weighted by atomic mass is 32.2. The van der Waals surface area contributed by atoms with Gasteiger partial charge in [0.25, 0.3) is 5.89 Å². The van der Waals surface area contributed by atoms with E-state index < -0.39 is 5.79 Å². The highest BCUT2D eigenvalue weighted by Crippen LogP contribution is 2.35. The number of hydrogen-bond acceptors (Lipinski definition) is 5. The van der Waals surface area contributed by atoms with Gasteiger partial charge in [0.05, 0.1) is 19.4 Å². The predicted molar refractivity (Wildman–Crippen MR) is 106 cm³/mol. The zero-order valence-corrected chi connectivity index (χ0v) is 17.4. The van der Waals surface area contributed by atoms with Crippen LogP contribution in [0.2, 0.25) is 0 Å². The Bertz CT molecular complexity index is 460. The minimum atomic E-state index is -0.733. The maximum absolute atomic E-state index is 5.74. The van der Waals surface area contributed by atoms with E-state index in [1.807, 2.05) is 11.8 Å². The van der Waals surface area contributed by atoms with Gasteiger partial charge in [-0.25, -0.2) is 4.98 Å². The number of oxazole rings is 1. The molecule has 0 atom stereocenters. The maximum Gasteiger partial charge on any atom is 0.255 e. The van der Waals surface area contributed by atoms with Crippen LogP contribution in [-0.4, -0.2) is 29.2 Å². The summed E-state index contributed by atoms with van der Waals surface area (Å²) in [6, 6.07) is 0. The number of rotatable bonds is 8. The lowest BCUT2D eigenvalue weighted by molar-refractivity contribution is -0.187. The molecule has 0 spiro atoms. The second-order valence-corrected chi connectivity index (χ2v) is 8.72. The Morgan fingerprint density at radius 1 is 1.16 bits per heavy atom. The summed E-state index contributed by atoms with van der Waals surface area (Å²) >= 11 is 1.88. The Kier molecular flexibility index (Phi) is 10.5. The molecule has 0 N–H and O–H groups in total. The molecule has 0 unspecified atom stereocenters. The van der Waals surface area contributed by atoms with E-state index in [0.29, 0.717) is 23.9 Å². The molecule has 1 aliphatic rings. The minimum absolute atomic E-state index is 0.458. The van der Waals surface area contributed by atoms with Crippen LogP contribution >= 0.6 is 11.8 Å². The van der Waals surface area contributed by atoms with E-state index in [0.717, 1.165) is 25.7 Å². The molecule has 1 aromatic rings. The van der Waals surface area contributed by atoms with Crippen LogP contribution in [0.5, 0.6) is 0 Å². The third-order valence-corrected chi connectivity index (χ3v) is 5.13. The highest BCUT2D eigenvalue weighted by Gasteiger charge is 2.42. The van der Waals surface area contributed by atoms with Gasteiger partial charge in [-0.2, -0.15) is 11.8 Å². The van der Waals surface area contributed by atoms with E-state index >= 15 is 0 Å². The molecule has 0 amide bonds. The number of thioether (sulfide) groups is 1. The Balaban J connectivity index is 0.000000450. The fraction of sp³-hybridized carbons (Fsp3) is 0.750. The molecule has 2 rings (SSSR count). The number of allylic oxidation sites excluding steroid dienone is 2. The highest BCUT2D eigenvalue weighted by molar-refractivity contribution is 7.99. The van der Waals surface area contributed by atoms with Crippen molar-refractivity contribution in [3.05, 3.63) is 30.5 Å². The first-order valence-corrected chi connectivity index (χ1v) is 10.5. The van der Waals surface area contributed by atoms with Gasteiger partial charge in [0.15, 0.2) is 0 Å². The first-order chi connectivity index (χ1) is 11.9. The third-order valence-electron chi connectivity index (χ3n) is 3.90. The quantitative estimate of drug-likeness (QED) is 0.419. The zero-order chi connectivity index (χ0) is 18.6. The molecule has 0 bridgehead atoms. The van der Waals surface area contributed by atoms with Crippen molar-refractivity contribution in [2.24, 2.45) is 0 Å². The van der Waals surface area contributed by atoms with Crippen molar-refractivity contribution in [3.63, 3.8) is 0 Å². The van der Waals surface area contributed by atoms with E-state index in [-0.39, 0.29) is 0 Å². The molecule has 0 saturated carbocycles. The predicted octanol–water partition coefficient (Wildman–Crippen LogP) is 5.94. The molecule has 0 aromatic carbocycles. The van der Waals surface area contributed by atoms with Crippen LogP contribution in [0.1, 0.15) is 72.1 Å². The van der Waals surface area contributed by atoms with Gasteiger partial charge in [-0.05, 0) is 31.9 Å². The second kappa shape index (κ2) is 11.8. The third kappa shape index (κ3) is 8.93. The van der Waals surface area contributed by atoms with Crippen LogP contribution < -0.4 is 0 Å². The standard InChI is InChI=1S/C15H23NO3.C5H12S/c1-2-3-4-5-6-7-8-9-15(18-12-13-19-15)14-16-10-11-17-14;1-5(2,3)6-4/h3-4,10-11H,2,5-9,12-13H2,1H3;1-4H3/b4-3+;. The van der Waals surface area contributed by atoms with Gasteiger partial charge in [-0.15, -0.1) is 0 Å². The number of hydrogen-bond donors (Lipinski definition) is 0. The van der Waals surface area contributed by atoms with Crippen LogP contribution in [0.25, 0.3) is 0 Å². The molecule has 4 nitrogen and oxygen atoms in total. The van der Waals surface area contributed by atoms with E-state index in [9.17, 15) is 0 Å². The monoisotopic (exact) mass is 369 g/mol. The fourth-order valence-corrected chi connectivity index (χ4v) is 2.32. The molecule has 0 aliphatic carbocycles. The number of unbranched alkanes of at least 4 members (excludes halogenated alkanes) is 3. The van der Waals surface area contributed by atoms with Crippen LogP contribution in [0.3, 0.4) is 0 Å². The molecule has 5 heteroatoms. The summed E-state index contributed by atoms with van der Waals surface area (Å²) < 4.78 is 17.3. The summed E-state index contributed by atoms with van der Waals surface area (Å²) in [5.74, 6) is -0.182. The second-order valence-electron chi connectivity index (χ2n) is 7.08. The molecular formula is C20H35NO3S. The zero-order valence-electron chi connectivity index (χ0n) is 16.5.